The third-order valence-corrected chi connectivity index (χ3v) is 2.89. The zero-order valence-corrected chi connectivity index (χ0v) is 10.3. The number of amides is 1. The third kappa shape index (κ3) is 3.73. The van der Waals surface area contributed by atoms with Gasteiger partial charge in [-0.25, -0.2) is 0 Å². The molecule has 5 nitrogen and oxygen atoms in total. The molecule has 1 aliphatic heterocycles. The van der Waals surface area contributed by atoms with Crippen LogP contribution in [0.2, 0.25) is 0 Å². The molecule has 0 aromatic heterocycles. The lowest BCUT2D eigenvalue weighted by molar-refractivity contribution is -0.140. The molecule has 1 fully saturated rings. The van der Waals surface area contributed by atoms with Gasteiger partial charge in [-0.3, -0.25) is 9.69 Å². The monoisotopic (exact) mass is 230 g/mol. The number of aliphatic hydroxyl groups excluding tert-OH is 1. The molecular formula is C11H22N2O3. The maximum absolute atomic E-state index is 12.1. The Bertz CT molecular complexity index is 227. The van der Waals surface area contributed by atoms with Crippen LogP contribution in [-0.2, 0) is 9.53 Å². The number of rotatable bonds is 4. The van der Waals surface area contributed by atoms with Crippen LogP contribution in [0.4, 0.5) is 0 Å². The van der Waals surface area contributed by atoms with E-state index in [-0.39, 0.29) is 11.9 Å². The van der Waals surface area contributed by atoms with Gasteiger partial charge in [0.2, 0.25) is 5.91 Å². The molecule has 0 aliphatic carbocycles. The Morgan fingerprint density at radius 2 is 2.00 bits per heavy atom. The number of morpholine rings is 1. The first kappa shape index (κ1) is 13.4. The van der Waals surface area contributed by atoms with E-state index in [4.69, 9.17) is 4.74 Å². The highest BCUT2D eigenvalue weighted by molar-refractivity contribution is 5.81. The fourth-order valence-electron chi connectivity index (χ4n) is 1.81. The van der Waals surface area contributed by atoms with E-state index >= 15 is 0 Å². The molecule has 0 aromatic carbocycles. The summed E-state index contributed by atoms with van der Waals surface area (Å²) in [5.74, 6) is 0.117. The van der Waals surface area contributed by atoms with Gasteiger partial charge in [0.25, 0.3) is 0 Å². The van der Waals surface area contributed by atoms with Gasteiger partial charge in [0.1, 0.15) is 0 Å². The van der Waals surface area contributed by atoms with E-state index in [0.29, 0.717) is 32.8 Å². The van der Waals surface area contributed by atoms with Gasteiger partial charge in [0.15, 0.2) is 0 Å². The van der Waals surface area contributed by atoms with Gasteiger partial charge < -0.3 is 14.7 Å². The van der Waals surface area contributed by atoms with Gasteiger partial charge in [-0.1, -0.05) is 0 Å². The lowest BCUT2D eigenvalue weighted by atomic mass is 10.2. The molecule has 94 valence electrons. The average Bonchev–Trinajstić information content (AvgIpc) is 2.27. The highest BCUT2D eigenvalue weighted by Crippen LogP contribution is 2.05. The highest BCUT2D eigenvalue weighted by Gasteiger charge is 2.25. The Labute approximate surface area is 97.0 Å². The number of aliphatic hydroxyl groups is 1. The molecule has 1 saturated heterocycles. The van der Waals surface area contributed by atoms with Crippen LogP contribution in [0, 0.1) is 0 Å². The summed E-state index contributed by atoms with van der Waals surface area (Å²) in [7, 11) is 1.86. The Balaban J connectivity index is 2.45. The van der Waals surface area contributed by atoms with Crippen molar-refractivity contribution in [2.45, 2.75) is 26.0 Å². The van der Waals surface area contributed by atoms with Crippen LogP contribution in [0.15, 0.2) is 0 Å². The summed E-state index contributed by atoms with van der Waals surface area (Å²) in [6, 6.07) is -0.187. The highest BCUT2D eigenvalue weighted by atomic mass is 16.5. The molecule has 2 atom stereocenters. The lowest BCUT2D eigenvalue weighted by Crippen LogP contribution is -2.50. The van der Waals surface area contributed by atoms with Crippen LogP contribution >= 0.6 is 0 Å². The van der Waals surface area contributed by atoms with Crippen molar-refractivity contribution < 1.29 is 14.6 Å². The van der Waals surface area contributed by atoms with Crippen LogP contribution in [0.1, 0.15) is 13.8 Å². The number of hydrogen-bond acceptors (Lipinski definition) is 4. The molecular weight excluding hydrogens is 208 g/mol. The maximum atomic E-state index is 12.1. The minimum Gasteiger partial charge on any atom is -0.392 e. The molecule has 0 spiro atoms. The van der Waals surface area contributed by atoms with Crippen LogP contribution in [0.5, 0.6) is 0 Å². The quantitative estimate of drug-likeness (QED) is 0.710. The molecule has 0 radical (unpaired) electrons. The fraction of sp³-hybridized carbons (Fsp3) is 0.909. The zero-order valence-electron chi connectivity index (χ0n) is 10.3. The summed E-state index contributed by atoms with van der Waals surface area (Å²) in [5.41, 5.74) is 0. The van der Waals surface area contributed by atoms with Gasteiger partial charge in [-0.05, 0) is 20.9 Å². The van der Waals surface area contributed by atoms with E-state index in [0.717, 1.165) is 0 Å². The van der Waals surface area contributed by atoms with E-state index in [1.807, 2.05) is 23.8 Å². The molecule has 0 bridgehead atoms. The van der Waals surface area contributed by atoms with E-state index in [2.05, 4.69) is 0 Å². The summed E-state index contributed by atoms with van der Waals surface area (Å²) in [6.07, 6.45) is -0.412. The fourth-order valence-corrected chi connectivity index (χ4v) is 1.81. The number of nitrogens with zero attached hydrogens (tertiary/aromatic N) is 2. The summed E-state index contributed by atoms with van der Waals surface area (Å²) in [5, 5.41) is 9.28. The first-order valence-electron chi connectivity index (χ1n) is 5.77. The number of likely N-dealkylation sites (N-methyl/N-ethyl adjacent to an activating group) is 1. The summed E-state index contributed by atoms with van der Waals surface area (Å²) >= 11 is 0. The maximum Gasteiger partial charge on any atom is 0.239 e. The van der Waals surface area contributed by atoms with Crippen molar-refractivity contribution in [3.63, 3.8) is 0 Å². The van der Waals surface area contributed by atoms with Crippen molar-refractivity contribution >= 4 is 5.91 Å². The second-order valence-electron chi connectivity index (χ2n) is 4.40. The van der Waals surface area contributed by atoms with Crippen LogP contribution in [0.3, 0.4) is 0 Å². The molecule has 5 heteroatoms. The molecule has 1 rings (SSSR count). The van der Waals surface area contributed by atoms with Crippen molar-refractivity contribution in [1.82, 2.24) is 9.80 Å². The number of hydrogen-bond donors (Lipinski definition) is 1. The molecule has 0 saturated carbocycles. The lowest BCUT2D eigenvalue weighted by Gasteiger charge is -2.33. The number of carbonyl (C=O) groups is 1. The minimum absolute atomic E-state index is 0.117. The van der Waals surface area contributed by atoms with E-state index in [9.17, 15) is 9.90 Å². The molecule has 2 unspecified atom stereocenters. The summed E-state index contributed by atoms with van der Waals surface area (Å²) in [6.45, 7) is 6.70. The molecule has 1 N–H and O–H groups in total. The first-order valence-corrected chi connectivity index (χ1v) is 5.77. The normalized spacial score (nSPS) is 20.9. The third-order valence-electron chi connectivity index (χ3n) is 2.89. The van der Waals surface area contributed by atoms with Crippen molar-refractivity contribution in [2.24, 2.45) is 0 Å². The van der Waals surface area contributed by atoms with Crippen LogP contribution in [0.25, 0.3) is 0 Å². The molecule has 0 aromatic rings. The molecule has 1 heterocycles. The Hall–Kier alpha value is -0.650. The molecule has 1 aliphatic rings. The summed E-state index contributed by atoms with van der Waals surface area (Å²) < 4.78 is 5.21. The Morgan fingerprint density at radius 3 is 2.50 bits per heavy atom. The number of ether oxygens (including phenoxy) is 1. The summed E-state index contributed by atoms with van der Waals surface area (Å²) in [4.78, 5) is 15.8. The minimum atomic E-state index is -0.412. The zero-order chi connectivity index (χ0) is 12.1. The van der Waals surface area contributed by atoms with Crippen molar-refractivity contribution in [3.05, 3.63) is 0 Å². The predicted molar refractivity (Wildman–Crippen MR) is 61.2 cm³/mol. The van der Waals surface area contributed by atoms with Gasteiger partial charge in [-0.15, -0.1) is 0 Å². The second-order valence-corrected chi connectivity index (χ2v) is 4.40. The van der Waals surface area contributed by atoms with Gasteiger partial charge in [-0.2, -0.15) is 0 Å². The van der Waals surface area contributed by atoms with E-state index in [1.165, 1.54) is 0 Å². The van der Waals surface area contributed by atoms with Crippen molar-refractivity contribution in [3.8, 4) is 0 Å². The van der Waals surface area contributed by atoms with E-state index < -0.39 is 6.10 Å². The van der Waals surface area contributed by atoms with Crippen molar-refractivity contribution in [1.29, 1.82) is 0 Å². The van der Waals surface area contributed by atoms with E-state index in [1.54, 1.807) is 6.92 Å². The number of carbonyl (C=O) groups excluding carboxylic acids is 1. The van der Waals surface area contributed by atoms with Crippen LogP contribution < -0.4 is 0 Å². The van der Waals surface area contributed by atoms with Crippen molar-refractivity contribution in [2.75, 3.05) is 39.9 Å². The van der Waals surface area contributed by atoms with Crippen LogP contribution in [-0.4, -0.2) is 72.9 Å². The van der Waals surface area contributed by atoms with Gasteiger partial charge in [0.05, 0.1) is 25.4 Å². The SMILES string of the molecule is CC(O)CN(C)C(C)C(=O)N1CCOCC1. The second kappa shape index (κ2) is 6.18. The topological polar surface area (TPSA) is 53.0 Å². The molecule has 16 heavy (non-hydrogen) atoms. The first-order chi connectivity index (χ1) is 7.52. The standard InChI is InChI=1S/C11H22N2O3/c1-9(14)8-12(3)10(2)11(15)13-4-6-16-7-5-13/h9-10,14H,4-8H2,1-3H3. The van der Waals surface area contributed by atoms with Gasteiger partial charge in [0, 0.05) is 19.6 Å². The Kier molecular flexibility index (Phi) is 5.18. The Morgan fingerprint density at radius 1 is 1.44 bits per heavy atom. The predicted octanol–water partition coefficient (Wildman–Crippen LogP) is -0.454. The average molecular weight is 230 g/mol. The molecule has 1 amide bonds. The smallest absolute Gasteiger partial charge is 0.239 e. The largest absolute Gasteiger partial charge is 0.392 e. The van der Waals surface area contributed by atoms with Gasteiger partial charge >= 0.3 is 0 Å².